The van der Waals surface area contributed by atoms with Gasteiger partial charge in [0.1, 0.15) is 12.4 Å². The lowest BCUT2D eigenvalue weighted by Crippen LogP contribution is -2.40. The number of hydrogen-bond acceptors (Lipinski definition) is 4. The monoisotopic (exact) mass is 221 g/mol. The van der Waals surface area contributed by atoms with E-state index in [0.29, 0.717) is 17.9 Å². The summed E-state index contributed by atoms with van der Waals surface area (Å²) in [5.74, 6) is 0.346. The van der Waals surface area contributed by atoms with Crippen molar-refractivity contribution in [3.63, 3.8) is 0 Å². The van der Waals surface area contributed by atoms with Gasteiger partial charge < -0.3 is 14.8 Å². The van der Waals surface area contributed by atoms with Crippen LogP contribution in [0.2, 0.25) is 0 Å². The number of nitrogens with one attached hydrogen (secondary N) is 1. The van der Waals surface area contributed by atoms with Crippen LogP contribution >= 0.6 is 0 Å². The first-order valence-corrected chi connectivity index (χ1v) is 5.15. The van der Waals surface area contributed by atoms with Crippen LogP contribution in [0.1, 0.15) is 24.2 Å². The van der Waals surface area contributed by atoms with E-state index in [4.69, 9.17) is 4.74 Å². The van der Waals surface area contributed by atoms with Crippen LogP contribution in [0.15, 0.2) is 18.2 Å². The number of anilines is 1. The summed E-state index contributed by atoms with van der Waals surface area (Å²) >= 11 is 0. The number of rotatable bonds is 1. The molecule has 86 valence electrons. The summed E-state index contributed by atoms with van der Waals surface area (Å²) in [7, 11) is 1.37. The van der Waals surface area contributed by atoms with Gasteiger partial charge in [0.05, 0.1) is 23.9 Å². The minimum absolute atomic E-state index is 0.0835. The Balaban J connectivity index is 2.32. The molecule has 0 saturated carbocycles. The van der Waals surface area contributed by atoms with E-state index < -0.39 is 0 Å². The normalized spacial score (nSPS) is 16.7. The highest BCUT2D eigenvalue weighted by Gasteiger charge is 2.26. The van der Waals surface area contributed by atoms with Crippen molar-refractivity contribution in [1.82, 2.24) is 0 Å². The molecule has 16 heavy (non-hydrogen) atoms. The number of ether oxygens (including phenoxy) is 2. The molecule has 0 aliphatic carbocycles. The number of methoxy groups -OCH3 is 1. The highest BCUT2D eigenvalue weighted by atomic mass is 16.5. The molecule has 0 unspecified atom stereocenters. The standard InChI is InChI=1S/C12H15NO3/c1-12(2)7-16-10-6-8(11(14)15-3)4-5-9(10)13-12/h4-6,13H,7H2,1-3H3. The Bertz CT molecular complexity index is 426. The molecule has 2 rings (SSSR count). The van der Waals surface area contributed by atoms with Gasteiger partial charge in [0.2, 0.25) is 0 Å². The summed E-state index contributed by atoms with van der Waals surface area (Å²) < 4.78 is 10.3. The van der Waals surface area contributed by atoms with Gasteiger partial charge in [-0.3, -0.25) is 0 Å². The van der Waals surface area contributed by atoms with Crippen molar-refractivity contribution in [2.24, 2.45) is 0 Å². The van der Waals surface area contributed by atoms with E-state index in [1.54, 1.807) is 12.1 Å². The molecule has 0 spiro atoms. The molecule has 0 radical (unpaired) electrons. The molecule has 0 aromatic heterocycles. The van der Waals surface area contributed by atoms with Crippen molar-refractivity contribution < 1.29 is 14.3 Å². The molecule has 1 aromatic rings. The van der Waals surface area contributed by atoms with Gasteiger partial charge in [-0.1, -0.05) is 0 Å². The second-order valence-electron chi connectivity index (χ2n) is 4.50. The van der Waals surface area contributed by atoms with Crippen molar-refractivity contribution in [2.75, 3.05) is 19.0 Å². The highest BCUT2D eigenvalue weighted by molar-refractivity contribution is 5.90. The summed E-state index contributed by atoms with van der Waals surface area (Å²) in [5.41, 5.74) is 1.33. The van der Waals surface area contributed by atoms with Crippen LogP contribution in [0.5, 0.6) is 5.75 Å². The number of carbonyl (C=O) groups excluding carboxylic acids is 1. The summed E-state index contributed by atoms with van der Waals surface area (Å²) in [5, 5.41) is 3.34. The van der Waals surface area contributed by atoms with Crippen molar-refractivity contribution >= 4 is 11.7 Å². The Morgan fingerprint density at radius 3 is 2.94 bits per heavy atom. The van der Waals surface area contributed by atoms with Gasteiger partial charge in [-0.15, -0.1) is 0 Å². The zero-order valence-electron chi connectivity index (χ0n) is 9.66. The lowest BCUT2D eigenvalue weighted by Gasteiger charge is -2.33. The fraction of sp³-hybridized carbons (Fsp3) is 0.417. The average Bonchev–Trinajstić information content (AvgIpc) is 2.26. The Kier molecular flexibility index (Phi) is 2.50. The fourth-order valence-electron chi connectivity index (χ4n) is 1.65. The fourth-order valence-corrected chi connectivity index (χ4v) is 1.65. The Hall–Kier alpha value is -1.71. The molecule has 0 bridgehead atoms. The Morgan fingerprint density at radius 2 is 2.25 bits per heavy atom. The molecule has 0 atom stereocenters. The summed E-state index contributed by atoms with van der Waals surface area (Å²) in [4.78, 5) is 11.3. The molecule has 0 saturated heterocycles. The molecule has 1 N–H and O–H groups in total. The summed E-state index contributed by atoms with van der Waals surface area (Å²) in [6.45, 7) is 4.69. The second kappa shape index (κ2) is 3.70. The molecular formula is C12H15NO3. The van der Waals surface area contributed by atoms with E-state index >= 15 is 0 Å². The van der Waals surface area contributed by atoms with Gasteiger partial charge in [-0.05, 0) is 32.0 Å². The molecular weight excluding hydrogens is 206 g/mol. The number of fused-ring (bicyclic) bond motifs is 1. The first kappa shape index (κ1) is 10.8. The number of carbonyl (C=O) groups is 1. The Morgan fingerprint density at radius 1 is 1.50 bits per heavy atom. The van der Waals surface area contributed by atoms with Gasteiger partial charge in [0, 0.05) is 0 Å². The van der Waals surface area contributed by atoms with Crippen LogP contribution in [-0.2, 0) is 4.74 Å². The zero-order valence-corrected chi connectivity index (χ0v) is 9.66. The smallest absolute Gasteiger partial charge is 0.337 e. The minimum Gasteiger partial charge on any atom is -0.489 e. The average molecular weight is 221 g/mol. The van der Waals surface area contributed by atoms with Gasteiger partial charge in [0.15, 0.2) is 0 Å². The maximum absolute atomic E-state index is 11.3. The predicted molar refractivity (Wildman–Crippen MR) is 61.0 cm³/mol. The summed E-state index contributed by atoms with van der Waals surface area (Å²) in [6.07, 6.45) is 0. The van der Waals surface area contributed by atoms with Crippen LogP contribution in [0.4, 0.5) is 5.69 Å². The molecule has 0 amide bonds. The van der Waals surface area contributed by atoms with Gasteiger partial charge in [-0.2, -0.15) is 0 Å². The van der Waals surface area contributed by atoms with Crippen molar-refractivity contribution in [3.8, 4) is 5.75 Å². The van der Waals surface area contributed by atoms with Crippen molar-refractivity contribution in [1.29, 1.82) is 0 Å². The van der Waals surface area contributed by atoms with Crippen LogP contribution in [0, 0.1) is 0 Å². The zero-order chi connectivity index (χ0) is 11.8. The van der Waals surface area contributed by atoms with E-state index in [1.165, 1.54) is 7.11 Å². The van der Waals surface area contributed by atoms with E-state index in [9.17, 15) is 4.79 Å². The lowest BCUT2D eigenvalue weighted by atomic mass is 10.0. The van der Waals surface area contributed by atoms with E-state index in [-0.39, 0.29) is 11.5 Å². The van der Waals surface area contributed by atoms with Gasteiger partial charge >= 0.3 is 5.97 Å². The molecule has 1 aliphatic heterocycles. The third-order valence-electron chi connectivity index (χ3n) is 2.46. The number of hydrogen-bond donors (Lipinski definition) is 1. The maximum Gasteiger partial charge on any atom is 0.337 e. The van der Waals surface area contributed by atoms with E-state index in [2.05, 4.69) is 23.9 Å². The van der Waals surface area contributed by atoms with E-state index in [1.807, 2.05) is 6.07 Å². The SMILES string of the molecule is COC(=O)c1ccc2c(c1)OCC(C)(C)N2. The molecule has 1 aromatic carbocycles. The Labute approximate surface area is 94.6 Å². The van der Waals surface area contributed by atoms with E-state index in [0.717, 1.165) is 5.69 Å². The molecule has 0 fully saturated rings. The first-order valence-electron chi connectivity index (χ1n) is 5.15. The maximum atomic E-state index is 11.3. The highest BCUT2D eigenvalue weighted by Crippen LogP contribution is 2.33. The third kappa shape index (κ3) is 1.96. The van der Waals surface area contributed by atoms with Crippen LogP contribution in [-0.4, -0.2) is 25.2 Å². The quantitative estimate of drug-likeness (QED) is 0.737. The van der Waals surface area contributed by atoms with Crippen LogP contribution < -0.4 is 10.1 Å². The van der Waals surface area contributed by atoms with Gasteiger partial charge in [0.25, 0.3) is 0 Å². The second-order valence-corrected chi connectivity index (χ2v) is 4.50. The number of benzene rings is 1. The molecule has 1 heterocycles. The minimum atomic E-state index is -0.351. The van der Waals surface area contributed by atoms with Gasteiger partial charge in [-0.25, -0.2) is 4.79 Å². The topological polar surface area (TPSA) is 47.6 Å². The molecule has 4 heteroatoms. The molecule has 1 aliphatic rings. The largest absolute Gasteiger partial charge is 0.489 e. The van der Waals surface area contributed by atoms with Crippen molar-refractivity contribution in [3.05, 3.63) is 23.8 Å². The van der Waals surface area contributed by atoms with Crippen LogP contribution in [0.3, 0.4) is 0 Å². The summed E-state index contributed by atoms with van der Waals surface area (Å²) in [6, 6.07) is 5.26. The third-order valence-corrected chi connectivity index (χ3v) is 2.46. The molecule has 4 nitrogen and oxygen atoms in total. The number of esters is 1. The lowest BCUT2D eigenvalue weighted by molar-refractivity contribution is 0.0600. The van der Waals surface area contributed by atoms with Crippen molar-refractivity contribution in [2.45, 2.75) is 19.4 Å². The first-order chi connectivity index (χ1) is 7.52. The van der Waals surface area contributed by atoms with Crippen LogP contribution in [0.25, 0.3) is 0 Å². The predicted octanol–water partition coefficient (Wildman–Crippen LogP) is 2.06.